The first kappa shape index (κ1) is 13.0. The van der Waals surface area contributed by atoms with Crippen LogP contribution in [0.5, 0.6) is 0 Å². The smallest absolute Gasteiger partial charge is 0.251 e. The van der Waals surface area contributed by atoms with Gasteiger partial charge in [-0.05, 0) is 42.5 Å². The summed E-state index contributed by atoms with van der Waals surface area (Å²) < 4.78 is 0. The van der Waals surface area contributed by atoms with Gasteiger partial charge in [0.2, 0.25) is 0 Å². The van der Waals surface area contributed by atoms with Crippen LogP contribution in [0.4, 0.5) is 0 Å². The molecule has 1 atom stereocenters. The highest BCUT2D eigenvalue weighted by Gasteiger charge is 2.23. The van der Waals surface area contributed by atoms with Crippen molar-refractivity contribution in [2.75, 3.05) is 0 Å². The molecule has 0 radical (unpaired) electrons. The van der Waals surface area contributed by atoms with Crippen LogP contribution in [0.15, 0.2) is 42.7 Å². The molecule has 1 aromatic carbocycles. The average molecular weight is 292 g/mol. The predicted molar refractivity (Wildman–Crippen MR) is 83.6 cm³/mol. The minimum Gasteiger partial charge on any atom is -0.349 e. The molecule has 5 heteroatoms. The van der Waals surface area contributed by atoms with Crippen LogP contribution in [0.2, 0.25) is 0 Å². The summed E-state index contributed by atoms with van der Waals surface area (Å²) in [5.74, 6) is -0.00796. The number of pyridine rings is 1. The van der Waals surface area contributed by atoms with Crippen LogP contribution in [-0.2, 0) is 12.8 Å². The standard InChI is InChI=1S/C17H16N4O/c22-17(11-4-2-1-3-5-11)20-13-6-7-14-12(8-13)9-18-16-15(14)10-19-21-16/h1-5,9-10,13H,6-8H2,(H,20,22)(H,18,19,21). The van der Waals surface area contributed by atoms with Crippen molar-refractivity contribution in [3.05, 3.63) is 59.4 Å². The highest BCUT2D eigenvalue weighted by molar-refractivity contribution is 5.94. The molecule has 1 unspecified atom stereocenters. The molecule has 3 aromatic rings. The maximum absolute atomic E-state index is 12.3. The number of hydrogen-bond acceptors (Lipinski definition) is 3. The van der Waals surface area contributed by atoms with Gasteiger partial charge in [0.05, 0.1) is 6.20 Å². The SMILES string of the molecule is O=C(NC1CCc2c(cnc3[nH]ncc23)C1)c1ccccc1. The zero-order valence-corrected chi connectivity index (χ0v) is 12.0. The highest BCUT2D eigenvalue weighted by Crippen LogP contribution is 2.26. The van der Waals surface area contributed by atoms with E-state index in [2.05, 4.69) is 20.5 Å². The molecule has 1 amide bonds. The lowest BCUT2D eigenvalue weighted by molar-refractivity contribution is 0.0933. The number of fused-ring (bicyclic) bond motifs is 3. The first-order valence-electron chi connectivity index (χ1n) is 7.47. The van der Waals surface area contributed by atoms with Gasteiger partial charge in [0.25, 0.3) is 5.91 Å². The summed E-state index contributed by atoms with van der Waals surface area (Å²) in [6.07, 6.45) is 6.44. The molecule has 4 rings (SSSR count). The van der Waals surface area contributed by atoms with Crippen LogP contribution in [-0.4, -0.2) is 27.1 Å². The van der Waals surface area contributed by atoms with Crippen molar-refractivity contribution in [2.45, 2.75) is 25.3 Å². The van der Waals surface area contributed by atoms with Gasteiger partial charge in [-0.25, -0.2) is 4.98 Å². The van der Waals surface area contributed by atoms with Crippen molar-refractivity contribution in [3.63, 3.8) is 0 Å². The Balaban J connectivity index is 1.54. The predicted octanol–water partition coefficient (Wildman–Crippen LogP) is 2.25. The lowest BCUT2D eigenvalue weighted by Gasteiger charge is -2.25. The lowest BCUT2D eigenvalue weighted by Crippen LogP contribution is -2.38. The second-order valence-electron chi connectivity index (χ2n) is 5.67. The number of nitrogens with zero attached hydrogens (tertiary/aromatic N) is 2. The topological polar surface area (TPSA) is 70.7 Å². The van der Waals surface area contributed by atoms with E-state index in [4.69, 9.17) is 0 Å². The van der Waals surface area contributed by atoms with E-state index in [1.54, 1.807) is 0 Å². The van der Waals surface area contributed by atoms with E-state index in [-0.39, 0.29) is 11.9 Å². The number of benzene rings is 1. The van der Waals surface area contributed by atoms with E-state index in [0.717, 1.165) is 30.3 Å². The molecular formula is C17H16N4O. The molecule has 2 heterocycles. The Morgan fingerprint density at radius 3 is 2.95 bits per heavy atom. The molecule has 0 aliphatic heterocycles. The molecule has 2 N–H and O–H groups in total. The molecule has 110 valence electrons. The summed E-state index contributed by atoms with van der Waals surface area (Å²) >= 11 is 0. The molecule has 0 saturated heterocycles. The summed E-state index contributed by atoms with van der Waals surface area (Å²) in [6.45, 7) is 0. The summed E-state index contributed by atoms with van der Waals surface area (Å²) in [7, 11) is 0. The summed E-state index contributed by atoms with van der Waals surface area (Å²) in [5.41, 5.74) is 4.06. The van der Waals surface area contributed by atoms with E-state index in [1.807, 2.05) is 42.7 Å². The van der Waals surface area contributed by atoms with Gasteiger partial charge in [-0.2, -0.15) is 5.10 Å². The zero-order chi connectivity index (χ0) is 14.9. The molecule has 0 bridgehead atoms. The van der Waals surface area contributed by atoms with Crippen LogP contribution in [0.3, 0.4) is 0 Å². The van der Waals surface area contributed by atoms with E-state index in [0.29, 0.717) is 5.56 Å². The first-order chi connectivity index (χ1) is 10.8. The van der Waals surface area contributed by atoms with Gasteiger partial charge in [-0.1, -0.05) is 18.2 Å². The third kappa shape index (κ3) is 2.24. The number of hydrogen-bond donors (Lipinski definition) is 2. The molecular weight excluding hydrogens is 276 g/mol. The molecule has 22 heavy (non-hydrogen) atoms. The first-order valence-corrected chi connectivity index (χ1v) is 7.47. The lowest BCUT2D eigenvalue weighted by atomic mass is 9.88. The Morgan fingerprint density at radius 1 is 1.23 bits per heavy atom. The van der Waals surface area contributed by atoms with E-state index >= 15 is 0 Å². The maximum Gasteiger partial charge on any atom is 0.251 e. The number of aromatic nitrogens is 3. The average Bonchev–Trinajstić information content (AvgIpc) is 3.04. The quantitative estimate of drug-likeness (QED) is 0.761. The van der Waals surface area contributed by atoms with Crippen molar-refractivity contribution in [3.8, 4) is 0 Å². The maximum atomic E-state index is 12.3. The Bertz CT molecular complexity index is 825. The number of aromatic amines is 1. The van der Waals surface area contributed by atoms with Gasteiger partial charge in [-0.15, -0.1) is 0 Å². The van der Waals surface area contributed by atoms with Crippen molar-refractivity contribution in [2.24, 2.45) is 0 Å². The number of nitrogens with one attached hydrogen (secondary N) is 2. The Morgan fingerprint density at radius 2 is 2.09 bits per heavy atom. The number of H-pyrrole nitrogens is 1. The van der Waals surface area contributed by atoms with Gasteiger partial charge < -0.3 is 5.32 Å². The van der Waals surface area contributed by atoms with Crippen molar-refractivity contribution in [1.29, 1.82) is 0 Å². The molecule has 0 fully saturated rings. The monoisotopic (exact) mass is 292 g/mol. The van der Waals surface area contributed by atoms with Gasteiger partial charge in [-0.3, -0.25) is 9.89 Å². The number of aryl methyl sites for hydroxylation is 1. The molecule has 2 aromatic heterocycles. The van der Waals surface area contributed by atoms with E-state index in [1.165, 1.54) is 11.1 Å². The second kappa shape index (κ2) is 5.26. The molecule has 5 nitrogen and oxygen atoms in total. The number of carbonyl (C=O) groups is 1. The number of rotatable bonds is 2. The normalized spacial score (nSPS) is 17.2. The highest BCUT2D eigenvalue weighted by atomic mass is 16.1. The molecule has 0 saturated carbocycles. The van der Waals surface area contributed by atoms with E-state index in [9.17, 15) is 4.79 Å². The fourth-order valence-electron chi connectivity index (χ4n) is 3.13. The van der Waals surface area contributed by atoms with Gasteiger partial charge in [0, 0.05) is 23.2 Å². The number of amides is 1. The molecule has 1 aliphatic rings. The molecule has 1 aliphatic carbocycles. The summed E-state index contributed by atoms with van der Waals surface area (Å²) in [5, 5.41) is 11.2. The summed E-state index contributed by atoms with van der Waals surface area (Å²) in [4.78, 5) is 16.6. The minimum atomic E-state index is -0.00796. The third-order valence-corrected chi connectivity index (χ3v) is 4.26. The van der Waals surface area contributed by atoms with Gasteiger partial charge in [0.15, 0.2) is 5.65 Å². The second-order valence-corrected chi connectivity index (χ2v) is 5.67. The van der Waals surface area contributed by atoms with Crippen LogP contribution in [0, 0.1) is 0 Å². The number of carbonyl (C=O) groups excluding carboxylic acids is 1. The van der Waals surface area contributed by atoms with Crippen molar-refractivity contribution in [1.82, 2.24) is 20.5 Å². The minimum absolute atomic E-state index is 0.00796. The van der Waals surface area contributed by atoms with E-state index < -0.39 is 0 Å². The van der Waals surface area contributed by atoms with Gasteiger partial charge >= 0.3 is 0 Å². The van der Waals surface area contributed by atoms with Crippen molar-refractivity contribution < 1.29 is 4.79 Å². The zero-order valence-electron chi connectivity index (χ0n) is 12.0. The van der Waals surface area contributed by atoms with Crippen molar-refractivity contribution >= 4 is 16.9 Å². The van der Waals surface area contributed by atoms with Gasteiger partial charge in [0.1, 0.15) is 0 Å². The fraction of sp³-hybridized carbons (Fsp3) is 0.235. The van der Waals surface area contributed by atoms with Crippen LogP contribution in [0.1, 0.15) is 27.9 Å². The third-order valence-electron chi connectivity index (χ3n) is 4.26. The Hall–Kier alpha value is -2.69. The van der Waals surface area contributed by atoms with Crippen LogP contribution < -0.4 is 5.32 Å². The summed E-state index contributed by atoms with van der Waals surface area (Å²) in [6, 6.07) is 9.50. The Kier molecular flexibility index (Phi) is 3.11. The molecule has 0 spiro atoms. The fourth-order valence-corrected chi connectivity index (χ4v) is 3.13. The van der Waals surface area contributed by atoms with Crippen LogP contribution in [0.25, 0.3) is 11.0 Å². The van der Waals surface area contributed by atoms with Crippen LogP contribution >= 0.6 is 0 Å². The Labute approximate surface area is 127 Å². The largest absolute Gasteiger partial charge is 0.349 e.